The van der Waals surface area contributed by atoms with Crippen molar-refractivity contribution in [3.05, 3.63) is 0 Å². The van der Waals surface area contributed by atoms with Crippen molar-refractivity contribution in [1.82, 2.24) is 4.90 Å². The quantitative estimate of drug-likeness (QED) is 0.582. The van der Waals surface area contributed by atoms with Gasteiger partial charge in [-0.15, -0.1) is 0 Å². The van der Waals surface area contributed by atoms with Crippen LogP contribution < -0.4 is 5.73 Å². The summed E-state index contributed by atoms with van der Waals surface area (Å²) in [7, 11) is 0. The van der Waals surface area contributed by atoms with Crippen molar-refractivity contribution in [2.24, 2.45) is 5.73 Å². The van der Waals surface area contributed by atoms with Gasteiger partial charge in [-0.25, -0.2) is 0 Å². The molecule has 0 aromatic heterocycles. The zero-order valence-electron chi connectivity index (χ0n) is 7.71. The third kappa shape index (κ3) is 3.52. The SMILES string of the molecule is NCCCCCN1CCC(O)C1. The monoisotopic (exact) mass is 172 g/mol. The van der Waals surface area contributed by atoms with Crippen molar-refractivity contribution < 1.29 is 5.11 Å². The minimum Gasteiger partial charge on any atom is -0.392 e. The van der Waals surface area contributed by atoms with Gasteiger partial charge in [-0.3, -0.25) is 0 Å². The van der Waals surface area contributed by atoms with E-state index in [2.05, 4.69) is 4.90 Å². The van der Waals surface area contributed by atoms with Crippen LogP contribution in [-0.2, 0) is 0 Å². The highest BCUT2D eigenvalue weighted by molar-refractivity contribution is 4.73. The molecule has 12 heavy (non-hydrogen) atoms. The summed E-state index contributed by atoms with van der Waals surface area (Å²) in [4.78, 5) is 2.33. The molecule has 0 spiro atoms. The second-order valence-corrected chi connectivity index (χ2v) is 3.59. The molecule has 1 unspecified atom stereocenters. The Kier molecular flexibility index (Phi) is 4.58. The van der Waals surface area contributed by atoms with E-state index in [1.807, 2.05) is 0 Å². The smallest absolute Gasteiger partial charge is 0.0679 e. The van der Waals surface area contributed by atoms with Crippen LogP contribution in [0.4, 0.5) is 0 Å². The molecule has 1 atom stereocenters. The molecule has 1 heterocycles. The average molecular weight is 172 g/mol. The van der Waals surface area contributed by atoms with E-state index >= 15 is 0 Å². The van der Waals surface area contributed by atoms with Gasteiger partial charge in [0.15, 0.2) is 0 Å². The Hall–Kier alpha value is -0.120. The maximum Gasteiger partial charge on any atom is 0.0679 e. The fraction of sp³-hybridized carbons (Fsp3) is 1.00. The molecule has 0 aliphatic carbocycles. The van der Waals surface area contributed by atoms with Crippen molar-refractivity contribution in [2.45, 2.75) is 31.8 Å². The number of likely N-dealkylation sites (tertiary alicyclic amines) is 1. The van der Waals surface area contributed by atoms with Crippen molar-refractivity contribution in [1.29, 1.82) is 0 Å². The Morgan fingerprint density at radius 1 is 1.33 bits per heavy atom. The lowest BCUT2D eigenvalue weighted by Gasteiger charge is -2.13. The van der Waals surface area contributed by atoms with E-state index < -0.39 is 0 Å². The lowest BCUT2D eigenvalue weighted by molar-refractivity contribution is 0.176. The fourth-order valence-corrected chi connectivity index (χ4v) is 1.67. The van der Waals surface area contributed by atoms with E-state index in [-0.39, 0.29) is 6.10 Å². The second kappa shape index (κ2) is 5.51. The molecule has 1 saturated heterocycles. The second-order valence-electron chi connectivity index (χ2n) is 3.59. The standard InChI is InChI=1S/C9H20N2O/c10-5-2-1-3-6-11-7-4-9(12)8-11/h9,12H,1-8,10H2. The van der Waals surface area contributed by atoms with Gasteiger partial charge < -0.3 is 15.7 Å². The van der Waals surface area contributed by atoms with Crippen LogP contribution in [0.3, 0.4) is 0 Å². The predicted octanol–water partition coefficient (Wildman–Crippen LogP) is 0.182. The summed E-state index contributed by atoms with van der Waals surface area (Å²) in [6.45, 7) is 3.89. The molecular weight excluding hydrogens is 152 g/mol. The normalized spacial score (nSPS) is 25.0. The number of hydrogen-bond acceptors (Lipinski definition) is 3. The Balaban J connectivity index is 1.93. The minimum atomic E-state index is -0.0699. The van der Waals surface area contributed by atoms with Crippen molar-refractivity contribution in [3.8, 4) is 0 Å². The number of nitrogens with zero attached hydrogens (tertiary/aromatic N) is 1. The molecule has 0 saturated carbocycles. The maximum absolute atomic E-state index is 9.24. The van der Waals surface area contributed by atoms with Gasteiger partial charge in [0.25, 0.3) is 0 Å². The lowest BCUT2D eigenvalue weighted by atomic mass is 10.2. The summed E-state index contributed by atoms with van der Waals surface area (Å²) >= 11 is 0. The average Bonchev–Trinajstić information content (AvgIpc) is 2.45. The largest absolute Gasteiger partial charge is 0.392 e. The molecule has 3 heteroatoms. The molecule has 1 fully saturated rings. The van der Waals surface area contributed by atoms with Crippen LogP contribution in [0.1, 0.15) is 25.7 Å². The molecule has 3 nitrogen and oxygen atoms in total. The van der Waals surface area contributed by atoms with Gasteiger partial charge in [0, 0.05) is 13.1 Å². The molecule has 0 aromatic rings. The number of rotatable bonds is 5. The first-order valence-electron chi connectivity index (χ1n) is 4.93. The Bertz CT molecular complexity index is 119. The van der Waals surface area contributed by atoms with Crippen LogP contribution in [0.15, 0.2) is 0 Å². The first kappa shape index (κ1) is 9.96. The highest BCUT2D eigenvalue weighted by Gasteiger charge is 2.18. The molecule has 0 amide bonds. The third-order valence-corrected chi connectivity index (χ3v) is 2.43. The molecule has 0 radical (unpaired) electrons. The highest BCUT2D eigenvalue weighted by Crippen LogP contribution is 2.09. The topological polar surface area (TPSA) is 49.5 Å². The van der Waals surface area contributed by atoms with Crippen molar-refractivity contribution >= 4 is 0 Å². The number of unbranched alkanes of at least 4 members (excludes halogenated alkanes) is 2. The molecule has 0 bridgehead atoms. The molecule has 72 valence electrons. The van der Waals surface area contributed by atoms with Crippen LogP contribution >= 0.6 is 0 Å². The van der Waals surface area contributed by atoms with Crippen molar-refractivity contribution in [2.75, 3.05) is 26.2 Å². The summed E-state index contributed by atoms with van der Waals surface area (Å²) in [5.74, 6) is 0. The predicted molar refractivity (Wildman–Crippen MR) is 50.0 cm³/mol. The number of hydrogen-bond donors (Lipinski definition) is 2. The first-order chi connectivity index (χ1) is 5.83. The van der Waals surface area contributed by atoms with E-state index in [0.717, 1.165) is 39.0 Å². The van der Waals surface area contributed by atoms with Crippen LogP contribution in [0.25, 0.3) is 0 Å². The van der Waals surface area contributed by atoms with Gasteiger partial charge in [-0.05, 0) is 32.4 Å². The Labute approximate surface area is 74.5 Å². The zero-order chi connectivity index (χ0) is 8.81. The molecule has 3 N–H and O–H groups in total. The van der Waals surface area contributed by atoms with E-state index in [1.165, 1.54) is 12.8 Å². The third-order valence-electron chi connectivity index (χ3n) is 2.43. The molecule has 0 aromatic carbocycles. The van der Waals surface area contributed by atoms with Crippen LogP contribution in [0.5, 0.6) is 0 Å². The van der Waals surface area contributed by atoms with E-state index in [0.29, 0.717) is 0 Å². The van der Waals surface area contributed by atoms with Crippen LogP contribution in [-0.4, -0.2) is 42.3 Å². The maximum atomic E-state index is 9.24. The van der Waals surface area contributed by atoms with Crippen LogP contribution in [0.2, 0.25) is 0 Å². The van der Waals surface area contributed by atoms with Gasteiger partial charge in [0.05, 0.1) is 6.10 Å². The Morgan fingerprint density at radius 2 is 2.17 bits per heavy atom. The minimum absolute atomic E-state index is 0.0699. The highest BCUT2D eigenvalue weighted by atomic mass is 16.3. The lowest BCUT2D eigenvalue weighted by Crippen LogP contribution is -2.23. The van der Waals surface area contributed by atoms with Gasteiger partial charge in [-0.2, -0.15) is 0 Å². The molecule has 1 rings (SSSR count). The van der Waals surface area contributed by atoms with E-state index in [4.69, 9.17) is 5.73 Å². The number of aliphatic hydroxyl groups excluding tert-OH is 1. The van der Waals surface area contributed by atoms with Gasteiger partial charge in [0.2, 0.25) is 0 Å². The summed E-state index contributed by atoms with van der Waals surface area (Å²) in [6.07, 6.45) is 4.47. The molecule has 1 aliphatic rings. The van der Waals surface area contributed by atoms with Crippen LogP contribution in [0, 0.1) is 0 Å². The van der Waals surface area contributed by atoms with Gasteiger partial charge in [-0.1, -0.05) is 6.42 Å². The fourth-order valence-electron chi connectivity index (χ4n) is 1.67. The number of aliphatic hydroxyl groups is 1. The van der Waals surface area contributed by atoms with Crippen molar-refractivity contribution in [3.63, 3.8) is 0 Å². The molecule has 1 aliphatic heterocycles. The number of β-amino-alcohol motifs (C(OH)–C–C–N with tert-alkyl or cyclic N) is 1. The molecular formula is C9H20N2O. The summed E-state index contributed by atoms with van der Waals surface area (Å²) in [5.41, 5.74) is 5.39. The van der Waals surface area contributed by atoms with Gasteiger partial charge in [0.1, 0.15) is 0 Å². The Morgan fingerprint density at radius 3 is 2.75 bits per heavy atom. The zero-order valence-corrected chi connectivity index (χ0v) is 7.71. The first-order valence-corrected chi connectivity index (χ1v) is 4.93. The summed E-state index contributed by atoms with van der Waals surface area (Å²) in [5, 5.41) is 9.24. The number of nitrogens with two attached hydrogens (primary N) is 1. The summed E-state index contributed by atoms with van der Waals surface area (Å²) < 4.78 is 0. The summed E-state index contributed by atoms with van der Waals surface area (Å²) in [6, 6.07) is 0. The van der Waals surface area contributed by atoms with E-state index in [1.54, 1.807) is 0 Å². The van der Waals surface area contributed by atoms with Gasteiger partial charge >= 0.3 is 0 Å². The van der Waals surface area contributed by atoms with E-state index in [9.17, 15) is 5.11 Å².